The minimum atomic E-state index is -0.0631. The minimum absolute atomic E-state index is 0.0631. The number of hydrogen-bond donors (Lipinski definition) is 0. The quantitative estimate of drug-likeness (QED) is 0.440. The van der Waals surface area contributed by atoms with Crippen LogP contribution in [-0.4, -0.2) is 61.7 Å². The molecular weight excluding hydrogens is 464 g/mol. The van der Waals surface area contributed by atoms with E-state index in [-0.39, 0.29) is 5.78 Å². The van der Waals surface area contributed by atoms with E-state index in [1.54, 1.807) is 0 Å². The number of carbonyl (C=O) groups excluding carboxylic acids is 1. The number of rotatable bonds is 6. The van der Waals surface area contributed by atoms with Gasteiger partial charge in [0.05, 0.1) is 24.3 Å². The summed E-state index contributed by atoms with van der Waals surface area (Å²) in [6.07, 6.45) is 2.91. The molecular formula is C31H32N2O4. The van der Waals surface area contributed by atoms with Crippen LogP contribution in [0.1, 0.15) is 33.5 Å². The summed E-state index contributed by atoms with van der Waals surface area (Å²) in [5, 5.41) is 0. The molecule has 0 aromatic heterocycles. The second-order valence-electron chi connectivity index (χ2n) is 9.94. The zero-order chi connectivity index (χ0) is 25.2. The molecule has 3 heterocycles. The van der Waals surface area contributed by atoms with Crippen molar-refractivity contribution in [2.45, 2.75) is 19.9 Å². The number of nitrogens with zero attached hydrogens (tertiary/aromatic N) is 2. The highest BCUT2D eigenvalue weighted by atomic mass is 16.5. The van der Waals surface area contributed by atoms with Gasteiger partial charge >= 0.3 is 0 Å². The van der Waals surface area contributed by atoms with Gasteiger partial charge in [0.2, 0.25) is 5.78 Å². The van der Waals surface area contributed by atoms with Crippen LogP contribution in [0.4, 0.5) is 0 Å². The Hall–Kier alpha value is -3.45. The first-order chi connectivity index (χ1) is 18.2. The number of ketones is 1. The van der Waals surface area contributed by atoms with E-state index < -0.39 is 0 Å². The largest absolute Gasteiger partial charge is 0.478 e. The van der Waals surface area contributed by atoms with Crippen LogP contribution >= 0.6 is 0 Å². The summed E-state index contributed by atoms with van der Waals surface area (Å²) in [7, 11) is 0. The number of aryl methyl sites for hydroxylation is 1. The van der Waals surface area contributed by atoms with Crippen molar-refractivity contribution in [2.75, 3.05) is 46.1 Å². The van der Waals surface area contributed by atoms with Crippen molar-refractivity contribution in [3.8, 4) is 22.6 Å². The predicted molar refractivity (Wildman–Crippen MR) is 144 cm³/mol. The van der Waals surface area contributed by atoms with E-state index >= 15 is 0 Å². The first-order valence-corrected chi connectivity index (χ1v) is 13.1. The molecule has 0 bridgehead atoms. The Bertz CT molecular complexity index is 1310. The second-order valence-corrected chi connectivity index (χ2v) is 9.94. The summed E-state index contributed by atoms with van der Waals surface area (Å²) in [6, 6.07) is 20.4. The van der Waals surface area contributed by atoms with Crippen LogP contribution in [-0.2, 0) is 11.3 Å². The van der Waals surface area contributed by atoms with E-state index in [9.17, 15) is 4.79 Å². The molecule has 0 radical (unpaired) electrons. The van der Waals surface area contributed by atoms with Crippen LogP contribution < -0.4 is 9.47 Å². The van der Waals surface area contributed by atoms with E-state index in [2.05, 4.69) is 34.1 Å². The Morgan fingerprint density at radius 1 is 0.919 bits per heavy atom. The van der Waals surface area contributed by atoms with Gasteiger partial charge in [0, 0.05) is 26.2 Å². The molecule has 0 saturated carbocycles. The molecule has 3 aromatic carbocycles. The maximum Gasteiger partial charge on any atom is 0.232 e. The molecule has 3 aromatic rings. The Morgan fingerprint density at radius 2 is 1.65 bits per heavy atom. The van der Waals surface area contributed by atoms with Gasteiger partial charge in [-0.3, -0.25) is 14.6 Å². The van der Waals surface area contributed by atoms with Gasteiger partial charge in [-0.25, -0.2) is 0 Å². The van der Waals surface area contributed by atoms with Crippen LogP contribution in [0, 0.1) is 6.92 Å². The van der Waals surface area contributed by atoms with Crippen LogP contribution in [0.3, 0.4) is 0 Å². The second kappa shape index (κ2) is 10.5. The lowest BCUT2D eigenvalue weighted by molar-refractivity contribution is 0.0329. The molecule has 190 valence electrons. The van der Waals surface area contributed by atoms with Crippen molar-refractivity contribution in [3.05, 3.63) is 88.7 Å². The molecule has 0 unspecified atom stereocenters. The summed E-state index contributed by atoms with van der Waals surface area (Å²) < 4.78 is 17.8. The maximum atomic E-state index is 13.4. The third-order valence-corrected chi connectivity index (χ3v) is 7.36. The van der Waals surface area contributed by atoms with Crippen LogP contribution in [0.15, 0.2) is 66.4 Å². The topological polar surface area (TPSA) is 51.2 Å². The van der Waals surface area contributed by atoms with Gasteiger partial charge in [0.15, 0.2) is 5.76 Å². The van der Waals surface area contributed by atoms with Gasteiger partial charge in [0.25, 0.3) is 0 Å². The van der Waals surface area contributed by atoms with E-state index in [4.69, 9.17) is 14.2 Å². The lowest BCUT2D eigenvalue weighted by atomic mass is 9.98. The lowest BCUT2D eigenvalue weighted by Gasteiger charge is -2.31. The molecule has 0 spiro atoms. The van der Waals surface area contributed by atoms with Crippen LogP contribution in [0.25, 0.3) is 17.2 Å². The van der Waals surface area contributed by atoms with Gasteiger partial charge < -0.3 is 14.2 Å². The highest BCUT2D eigenvalue weighted by molar-refractivity contribution is 6.15. The number of morpholine rings is 1. The van der Waals surface area contributed by atoms with Crippen molar-refractivity contribution in [1.29, 1.82) is 0 Å². The summed E-state index contributed by atoms with van der Waals surface area (Å²) in [6.45, 7) is 8.88. The van der Waals surface area contributed by atoms with Gasteiger partial charge in [0.1, 0.15) is 18.2 Å². The molecule has 3 aliphatic rings. The standard InChI is InChI=1S/C31H32N2O4/c1-22-18-27-26(20-33(21-36-27)13-5-12-32-14-16-35-17-15-32)31-29(22)30(34)28(37-31)19-23-8-10-25(11-9-23)24-6-3-2-4-7-24/h2-4,6-11,18-19H,5,12-17,20-21H2,1H3/b28-19-. The lowest BCUT2D eigenvalue weighted by Crippen LogP contribution is -2.39. The molecule has 0 atom stereocenters. The molecule has 0 aliphatic carbocycles. The molecule has 6 nitrogen and oxygen atoms in total. The average molecular weight is 497 g/mol. The summed E-state index contributed by atoms with van der Waals surface area (Å²) in [5.74, 6) is 1.78. The Morgan fingerprint density at radius 3 is 2.43 bits per heavy atom. The van der Waals surface area contributed by atoms with Crippen molar-refractivity contribution >= 4 is 11.9 Å². The first-order valence-electron chi connectivity index (χ1n) is 13.1. The Balaban J connectivity index is 1.17. The van der Waals surface area contributed by atoms with Crippen LogP contribution in [0.5, 0.6) is 11.5 Å². The molecule has 1 fully saturated rings. The monoisotopic (exact) mass is 496 g/mol. The van der Waals surface area contributed by atoms with Gasteiger partial charge in [-0.2, -0.15) is 0 Å². The summed E-state index contributed by atoms with van der Waals surface area (Å²) >= 11 is 0. The van der Waals surface area contributed by atoms with E-state index in [1.165, 1.54) is 5.56 Å². The molecule has 1 saturated heterocycles. The maximum absolute atomic E-state index is 13.4. The predicted octanol–water partition coefficient (Wildman–Crippen LogP) is 5.15. The smallest absolute Gasteiger partial charge is 0.232 e. The zero-order valence-corrected chi connectivity index (χ0v) is 21.2. The van der Waals surface area contributed by atoms with E-state index in [0.717, 1.165) is 73.8 Å². The molecule has 6 heteroatoms. The van der Waals surface area contributed by atoms with Crippen molar-refractivity contribution in [1.82, 2.24) is 9.80 Å². The van der Waals surface area contributed by atoms with Crippen LogP contribution in [0.2, 0.25) is 0 Å². The minimum Gasteiger partial charge on any atom is -0.478 e. The molecule has 3 aliphatic heterocycles. The number of fused-ring (bicyclic) bond motifs is 3. The Kier molecular flexibility index (Phi) is 6.79. The number of benzene rings is 3. The molecule has 6 rings (SSSR count). The van der Waals surface area contributed by atoms with Gasteiger partial charge in [-0.05, 0) is 54.3 Å². The number of ether oxygens (including phenoxy) is 3. The number of Topliss-reactive ketones (excluding diaryl/α,β-unsaturated/α-hetero) is 1. The van der Waals surface area contributed by atoms with Crippen molar-refractivity contribution < 1.29 is 19.0 Å². The van der Waals surface area contributed by atoms with Gasteiger partial charge in [-0.15, -0.1) is 0 Å². The SMILES string of the molecule is Cc1cc2c(c3c1C(=O)/C(=C/c1ccc(-c4ccccc4)cc1)O3)CN(CCCN1CCOCC1)CO2. The average Bonchev–Trinajstić information content (AvgIpc) is 3.27. The van der Waals surface area contributed by atoms with Crippen molar-refractivity contribution in [2.24, 2.45) is 0 Å². The van der Waals surface area contributed by atoms with Gasteiger partial charge in [-0.1, -0.05) is 54.6 Å². The number of hydrogen-bond acceptors (Lipinski definition) is 6. The molecule has 0 amide bonds. The molecule has 37 heavy (non-hydrogen) atoms. The Labute approximate surface area is 218 Å². The van der Waals surface area contributed by atoms with E-state index in [0.29, 0.717) is 30.3 Å². The highest BCUT2D eigenvalue weighted by Gasteiger charge is 2.35. The third kappa shape index (κ3) is 5.05. The normalized spacial score (nSPS) is 18.8. The number of allylic oxidation sites excluding steroid dienone is 1. The van der Waals surface area contributed by atoms with E-state index in [1.807, 2.05) is 49.4 Å². The van der Waals surface area contributed by atoms with Crippen molar-refractivity contribution in [3.63, 3.8) is 0 Å². The summed E-state index contributed by atoms with van der Waals surface area (Å²) in [4.78, 5) is 18.1. The third-order valence-electron chi connectivity index (χ3n) is 7.36. The first kappa shape index (κ1) is 23.9. The summed E-state index contributed by atoms with van der Waals surface area (Å²) in [5.41, 5.74) is 5.75. The fraction of sp³-hybridized carbons (Fsp3) is 0.323. The zero-order valence-electron chi connectivity index (χ0n) is 21.2. The fourth-order valence-corrected chi connectivity index (χ4v) is 5.32. The fourth-order valence-electron chi connectivity index (χ4n) is 5.32. The number of carbonyl (C=O) groups is 1. The molecule has 0 N–H and O–H groups in total. The highest BCUT2D eigenvalue weighted by Crippen LogP contribution is 2.44.